The molecule has 17 heavy (non-hydrogen) atoms. The van der Waals surface area contributed by atoms with Gasteiger partial charge < -0.3 is 28.7 Å². The summed E-state index contributed by atoms with van der Waals surface area (Å²) in [5, 5.41) is 15.6. The summed E-state index contributed by atoms with van der Waals surface area (Å²) in [6.07, 6.45) is -1.51. The average Bonchev–Trinajstić information content (AvgIpc) is 2.10. The van der Waals surface area contributed by atoms with Crippen LogP contribution in [-0.2, 0) is 35.3 Å². The maximum absolute atomic E-state index is 9.71. The Hall–Kier alpha value is 0.163. The van der Waals surface area contributed by atoms with Crippen molar-refractivity contribution < 1.29 is 54.9 Å². The molecule has 0 aliphatic carbocycles. The molecule has 0 aromatic heterocycles. The molecule has 0 N–H and O–H groups in total. The van der Waals surface area contributed by atoms with Gasteiger partial charge in [0.05, 0.1) is 12.1 Å². The summed E-state index contributed by atoms with van der Waals surface area (Å²) in [5.41, 5.74) is 0. The van der Waals surface area contributed by atoms with Crippen LogP contribution < -0.4 is 19.6 Å². The van der Waals surface area contributed by atoms with Crippen LogP contribution in [0.2, 0.25) is 0 Å². The van der Waals surface area contributed by atoms with Gasteiger partial charge in [0.25, 0.3) is 0 Å². The SMILES string of the molecule is N#CCCP(=O)([O-])[O-].N#CCCP(=O)([O-])[O-].[Zr+4]. The first-order valence-electron chi connectivity index (χ1n) is 3.88. The molecule has 11 heteroatoms. The Labute approximate surface area is 118 Å². The van der Waals surface area contributed by atoms with E-state index in [1.165, 1.54) is 0 Å². The van der Waals surface area contributed by atoms with E-state index in [1.54, 1.807) is 12.1 Å². The van der Waals surface area contributed by atoms with Gasteiger partial charge in [0, 0.05) is 12.8 Å². The van der Waals surface area contributed by atoms with Crippen LogP contribution in [0.3, 0.4) is 0 Å². The van der Waals surface area contributed by atoms with E-state index in [2.05, 4.69) is 0 Å². The maximum atomic E-state index is 9.71. The molecule has 0 saturated heterocycles. The van der Waals surface area contributed by atoms with E-state index in [9.17, 15) is 28.7 Å². The molecule has 0 saturated carbocycles. The maximum Gasteiger partial charge on any atom is 4.00 e. The summed E-state index contributed by atoms with van der Waals surface area (Å²) in [4.78, 5) is 38.8. The third kappa shape index (κ3) is 31.4. The molecule has 8 nitrogen and oxygen atoms in total. The average molecular weight is 357 g/mol. The molecule has 0 radical (unpaired) electrons. The summed E-state index contributed by atoms with van der Waals surface area (Å²) in [6, 6.07) is 3.10. The minimum Gasteiger partial charge on any atom is -0.811 e. The van der Waals surface area contributed by atoms with Gasteiger partial charge in [0.2, 0.25) is 0 Å². The zero-order chi connectivity index (χ0) is 13.2. The van der Waals surface area contributed by atoms with Crippen molar-refractivity contribution >= 4 is 15.2 Å². The summed E-state index contributed by atoms with van der Waals surface area (Å²) < 4.78 is 19.4. The Balaban J connectivity index is -0.000000218. The second-order valence-electron chi connectivity index (χ2n) is 2.49. The molecule has 0 spiro atoms. The minimum absolute atomic E-state index is 0. The van der Waals surface area contributed by atoms with Gasteiger partial charge in [0.1, 0.15) is 0 Å². The minimum atomic E-state index is -4.40. The summed E-state index contributed by atoms with van der Waals surface area (Å²) in [5.74, 6) is 0. The van der Waals surface area contributed by atoms with Crippen molar-refractivity contribution in [1.29, 1.82) is 10.5 Å². The number of hydrogen-bond donors (Lipinski definition) is 0. The monoisotopic (exact) mass is 356 g/mol. The zero-order valence-electron chi connectivity index (χ0n) is 8.57. The third-order valence-electron chi connectivity index (χ3n) is 0.995. The van der Waals surface area contributed by atoms with Crippen LogP contribution in [0.1, 0.15) is 12.8 Å². The van der Waals surface area contributed by atoms with Gasteiger partial charge in [-0.2, -0.15) is 10.5 Å². The van der Waals surface area contributed by atoms with Crippen molar-refractivity contribution in [1.82, 2.24) is 0 Å². The van der Waals surface area contributed by atoms with E-state index in [4.69, 9.17) is 10.5 Å². The van der Waals surface area contributed by atoms with E-state index >= 15 is 0 Å². The Morgan fingerprint density at radius 1 is 0.824 bits per heavy atom. The van der Waals surface area contributed by atoms with E-state index in [0.717, 1.165) is 0 Å². The quantitative estimate of drug-likeness (QED) is 0.501. The Morgan fingerprint density at radius 3 is 1.12 bits per heavy atom. The van der Waals surface area contributed by atoms with Crippen molar-refractivity contribution in [2.75, 3.05) is 12.3 Å². The Kier molecular flexibility index (Phi) is 14.8. The van der Waals surface area contributed by atoms with Gasteiger partial charge in [-0.1, -0.05) is 15.2 Å². The third-order valence-corrected chi connectivity index (χ3v) is 2.54. The largest absolute Gasteiger partial charge is 4.00 e. The molecule has 0 amide bonds. The molecule has 92 valence electrons. The van der Waals surface area contributed by atoms with E-state index in [-0.39, 0.29) is 39.0 Å². The van der Waals surface area contributed by atoms with Crippen LogP contribution in [0.4, 0.5) is 0 Å². The van der Waals surface area contributed by atoms with Gasteiger partial charge >= 0.3 is 26.2 Å². The summed E-state index contributed by atoms with van der Waals surface area (Å²) in [6.45, 7) is 0. The number of nitrogens with zero attached hydrogens (tertiary/aromatic N) is 2. The molecule has 0 heterocycles. The normalized spacial score (nSPS) is 10.0. The fourth-order valence-electron chi connectivity index (χ4n) is 0.374. The van der Waals surface area contributed by atoms with E-state index < -0.39 is 27.5 Å². The standard InChI is InChI=1S/2C3H6NO3P.Zr/c2*4-2-1-3-8(5,6)7;/h2*1,3H2,(H2,5,6,7);/q;;+4/p-4. The predicted octanol–water partition coefficient (Wildman–Crippen LogP) is -2.37. The molecular weight excluding hydrogens is 349 g/mol. The zero-order valence-corrected chi connectivity index (χ0v) is 12.8. The van der Waals surface area contributed by atoms with Gasteiger partial charge in [-0.05, 0) is 12.3 Å². The van der Waals surface area contributed by atoms with Crippen LogP contribution in [0, 0.1) is 22.7 Å². The second kappa shape index (κ2) is 11.3. The first kappa shape index (κ1) is 22.4. The molecule has 0 bridgehead atoms. The molecule has 0 aliphatic rings. The predicted molar refractivity (Wildman–Crippen MR) is 45.4 cm³/mol. The molecule has 0 rings (SSSR count). The van der Waals surface area contributed by atoms with Crippen molar-refractivity contribution in [2.45, 2.75) is 12.8 Å². The first-order valence-corrected chi connectivity index (χ1v) is 7.34. The van der Waals surface area contributed by atoms with Gasteiger partial charge in [-0.15, -0.1) is 0 Å². The first-order chi connectivity index (χ1) is 7.12. The van der Waals surface area contributed by atoms with Gasteiger partial charge in [-0.3, -0.25) is 0 Å². The van der Waals surface area contributed by atoms with Crippen LogP contribution in [0.25, 0.3) is 0 Å². The van der Waals surface area contributed by atoms with E-state index in [0.29, 0.717) is 0 Å². The Morgan fingerprint density at radius 2 is 1.06 bits per heavy atom. The molecule has 0 aromatic rings. The molecule has 0 atom stereocenters. The van der Waals surface area contributed by atoms with Crippen LogP contribution in [0.5, 0.6) is 0 Å². The Bertz CT molecular complexity index is 328. The number of rotatable bonds is 4. The number of nitriles is 2. The smallest absolute Gasteiger partial charge is 0.811 e. The van der Waals surface area contributed by atoms with Crippen molar-refractivity contribution in [3.05, 3.63) is 0 Å². The molecule has 0 unspecified atom stereocenters. The number of hydrogen-bond acceptors (Lipinski definition) is 8. The van der Waals surface area contributed by atoms with Gasteiger partial charge in [0.15, 0.2) is 0 Å². The molecule has 0 aromatic carbocycles. The van der Waals surface area contributed by atoms with Gasteiger partial charge in [-0.25, -0.2) is 0 Å². The van der Waals surface area contributed by atoms with Crippen molar-refractivity contribution in [3.8, 4) is 12.1 Å². The molecule has 0 fully saturated rings. The molecule has 0 aliphatic heterocycles. The fraction of sp³-hybridized carbons (Fsp3) is 0.667. The topological polar surface area (TPSA) is 174 Å². The fourth-order valence-corrected chi connectivity index (χ4v) is 1.12. The van der Waals surface area contributed by atoms with Crippen LogP contribution in [0.15, 0.2) is 0 Å². The summed E-state index contributed by atoms with van der Waals surface area (Å²) >= 11 is 0. The van der Waals surface area contributed by atoms with Crippen LogP contribution >= 0.6 is 15.2 Å². The van der Waals surface area contributed by atoms with Crippen molar-refractivity contribution in [3.63, 3.8) is 0 Å². The summed E-state index contributed by atoms with van der Waals surface area (Å²) in [7, 11) is -8.81. The molecular formula is C6H8N2O6P2Zr. The second-order valence-corrected chi connectivity index (χ2v) is 5.82. The van der Waals surface area contributed by atoms with Crippen LogP contribution in [-0.4, -0.2) is 12.3 Å². The van der Waals surface area contributed by atoms with E-state index in [1.807, 2.05) is 0 Å². The van der Waals surface area contributed by atoms with Crippen molar-refractivity contribution in [2.24, 2.45) is 0 Å².